The van der Waals surface area contributed by atoms with Crippen molar-refractivity contribution in [1.82, 2.24) is 9.97 Å². The zero-order chi connectivity index (χ0) is 14.3. The molecule has 0 spiro atoms. The van der Waals surface area contributed by atoms with Crippen LogP contribution in [0.1, 0.15) is 11.3 Å². The van der Waals surface area contributed by atoms with Gasteiger partial charge in [-0.25, -0.2) is 0 Å². The van der Waals surface area contributed by atoms with Gasteiger partial charge in [-0.1, -0.05) is 0 Å². The van der Waals surface area contributed by atoms with Gasteiger partial charge in [-0.3, -0.25) is 4.98 Å². The summed E-state index contributed by atoms with van der Waals surface area (Å²) >= 11 is 2.35. The van der Waals surface area contributed by atoms with Crippen LogP contribution < -0.4 is 11.1 Å². The van der Waals surface area contributed by atoms with E-state index in [0.29, 0.717) is 5.69 Å². The van der Waals surface area contributed by atoms with Crippen LogP contribution in [0.15, 0.2) is 30.6 Å². The molecule has 0 saturated carbocycles. The van der Waals surface area contributed by atoms with Crippen molar-refractivity contribution >= 4 is 50.6 Å². The van der Waals surface area contributed by atoms with Crippen LogP contribution in [-0.2, 0) is 0 Å². The first kappa shape index (κ1) is 13.2. The highest BCUT2D eigenvalue weighted by Crippen LogP contribution is 2.31. The summed E-state index contributed by atoms with van der Waals surface area (Å²) in [6.07, 6.45) is 3.43. The van der Waals surface area contributed by atoms with Crippen molar-refractivity contribution in [3.63, 3.8) is 0 Å². The average molecular weight is 378 g/mol. The summed E-state index contributed by atoms with van der Waals surface area (Å²) < 4.78 is 1.18. The number of halogens is 1. The number of benzene rings is 1. The smallest absolute Gasteiger partial charge is 0.0804 e. The van der Waals surface area contributed by atoms with Crippen LogP contribution in [0.3, 0.4) is 0 Å². The molecule has 0 amide bonds. The number of hydrogen-bond acceptors (Lipinski definition) is 3. The molecule has 5 heteroatoms. The molecule has 2 aromatic heterocycles. The molecule has 102 valence electrons. The number of nitrogens with zero attached hydrogens (tertiary/aromatic N) is 1. The molecule has 0 atom stereocenters. The summed E-state index contributed by atoms with van der Waals surface area (Å²) in [6.45, 7) is 4.23. The van der Waals surface area contributed by atoms with Gasteiger partial charge in [0.25, 0.3) is 0 Å². The lowest BCUT2D eigenvalue weighted by molar-refractivity contribution is 1.25. The molecule has 1 aromatic carbocycles. The van der Waals surface area contributed by atoms with Gasteiger partial charge in [0.05, 0.1) is 23.1 Å². The predicted octanol–water partition coefficient (Wildman–Crippen LogP) is 4.11. The summed E-state index contributed by atoms with van der Waals surface area (Å²) in [4.78, 5) is 7.52. The van der Waals surface area contributed by atoms with E-state index in [-0.39, 0.29) is 0 Å². The molecule has 0 aliphatic heterocycles. The molecule has 0 saturated heterocycles. The molecule has 3 aromatic rings. The van der Waals surface area contributed by atoms with Crippen molar-refractivity contribution < 1.29 is 0 Å². The fourth-order valence-corrected chi connectivity index (χ4v) is 3.01. The van der Waals surface area contributed by atoms with Crippen LogP contribution in [0, 0.1) is 17.4 Å². The van der Waals surface area contributed by atoms with Crippen molar-refractivity contribution in [3.05, 3.63) is 45.4 Å². The van der Waals surface area contributed by atoms with E-state index < -0.39 is 0 Å². The van der Waals surface area contributed by atoms with Crippen LogP contribution in [-0.4, -0.2) is 9.97 Å². The molecule has 20 heavy (non-hydrogen) atoms. The fraction of sp³-hybridized carbons (Fsp3) is 0.133. The number of anilines is 3. The van der Waals surface area contributed by atoms with Gasteiger partial charge in [0.1, 0.15) is 0 Å². The maximum atomic E-state index is 5.94. The van der Waals surface area contributed by atoms with Gasteiger partial charge in [-0.15, -0.1) is 0 Å². The summed E-state index contributed by atoms with van der Waals surface area (Å²) in [6, 6.07) is 6.03. The Morgan fingerprint density at radius 3 is 2.85 bits per heavy atom. The minimum atomic E-state index is 0.692. The van der Waals surface area contributed by atoms with Crippen LogP contribution in [0.5, 0.6) is 0 Å². The van der Waals surface area contributed by atoms with Crippen LogP contribution in [0.25, 0.3) is 10.9 Å². The number of aromatic nitrogens is 2. The monoisotopic (exact) mass is 378 g/mol. The topological polar surface area (TPSA) is 66.7 Å². The number of aryl methyl sites for hydroxylation is 2. The standard InChI is InChI=1S/C15H15IN4/c1-8-9(2)19-15-11(8)5-10(6-12(15)16)20-14-7-18-4-3-13(14)17/h3-7,19-20H,1-2H3,(H2,17,18). The quantitative estimate of drug-likeness (QED) is 0.588. The molecule has 0 fully saturated rings. The van der Waals surface area contributed by atoms with Crippen molar-refractivity contribution in [2.24, 2.45) is 0 Å². The van der Waals surface area contributed by atoms with E-state index in [1.54, 1.807) is 18.5 Å². The first-order chi connectivity index (χ1) is 9.56. The number of H-pyrrole nitrogens is 1. The minimum Gasteiger partial charge on any atom is -0.397 e. The number of aromatic amines is 1. The van der Waals surface area contributed by atoms with Gasteiger partial charge in [0.2, 0.25) is 0 Å². The largest absolute Gasteiger partial charge is 0.397 e. The fourth-order valence-electron chi connectivity index (χ4n) is 2.25. The summed E-state index contributed by atoms with van der Waals surface area (Å²) in [5, 5.41) is 4.57. The van der Waals surface area contributed by atoms with E-state index in [0.717, 1.165) is 11.4 Å². The summed E-state index contributed by atoms with van der Waals surface area (Å²) in [5.41, 5.74) is 12.1. The molecule has 0 aliphatic carbocycles. The second-order valence-corrected chi connectivity index (χ2v) is 6.01. The third-order valence-corrected chi connectivity index (χ3v) is 4.35. The third-order valence-electron chi connectivity index (χ3n) is 3.50. The highest BCUT2D eigenvalue weighted by atomic mass is 127. The second kappa shape index (κ2) is 4.97. The number of rotatable bonds is 2. The number of pyridine rings is 1. The molecule has 0 aliphatic rings. The molecular formula is C15H15IN4. The number of hydrogen-bond donors (Lipinski definition) is 3. The Morgan fingerprint density at radius 2 is 2.10 bits per heavy atom. The van der Waals surface area contributed by atoms with E-state index in [1.807, 2.05) is 0 Å². The first-order valence-corrected chi connectivity index (χ1v) is 7.39. The lowest BCUT2D eigenvalue weighted by Gasteiger charge is -2.09. The van der Waals surface area contributed by atoms with Crippen LogP contribution in [0.4, 0.5) is 17.1 Å². The molecule has 4 nitrogen and oxygen atoms in total. The number of nitrogens with one attached hydrogen (secondary N) is 2. The number of nitrogens with two attached hydrogens (primary N) is 1. The van der Waals surface area contributed by atoms with Gasteiger partial charge in [-0.05, 0) is 60.2 Å². The van der Waals surface area contributed by atoms with Gasteiger partial charge in [-0.2, -0.15) is 0 Å². The normalized spacial score (nSPS) is 10.9. The molecule has 2 heterocycles. The highest BCUT2D eigenvalue weighted by molar-refractivity contribution is 14.1. The Hall–Kier alpha value is -1.76. The first-order valence-electron chi connectivity index (χ1n) is 6.31. The Kier molecular flexibility index (Phi) is 3.29. The van der Waals surface area contributed by atoms with E-state index in [2.05, 4.69) is 63.9 Å². The zero-order valence-electron chi connectivity index (χ0n) is 11.3. The van der Waals surface area contributed by atoms with Crippen molar-refractivity contribution in [3.8, 4) is 0 Å². The van der Waals surface area contributed by atoms with Gasteiger partial charge in [0.15, 0.2) is 0 Å². The van der Waals surface area contributed by atoms with E-state index >= 15 is 0 Å². The van der Waals surface area contributed by atoms with Gasteiger partial charge < -0.3 is 16.0 Å². The zero-order valence-corrected chi connectivity index (χ0v) is 13.4. The van der Waals surface area contributed by atoms with Crippen molar-refractivity contribution in [2.75, 3.05) is 11.1 Å². The molecule has 0 radical (unpaired) electrons. The van der Waals surface area contributed by atoms with Crippen molar-refractivity contribution in [2.45, 2.75) is 13.8 Å². The third kappa shape index (κ3) is 2.22. The van der Waals surface area contributed by atoms with Gasteiger partial charge in [0, 0.05) is 26.5 Å². The number of fused-ring (bicyclic) bond motifs is 1. The molecule has 3 rings (SSSR count). The Bertz CT molecular complexity index is 792. The summed E-state index contributed by atoms with van der Waals surface area (Å²) in [7, 11) is 0. The average Bonchev–Trinajstić information content (AvgIpc) is 2.70. The SMILES string of the molecule is Cc1[nH]c2c(I)cc(Nc3cnccc3N)cc2c1C. The second-order valence-electron chi connectivity index (χ2n) is 4.84. The minimum absolute atomic E-state index is 0.692. The summed E-state index contributed by atoms with van der Waals surface area (Å²) in [5.74, 6) is 0. The Labute approximate surface area is 130 Å². The van der Waals surface area contributed by atoms with E-state index in [9.17, 15) is 0 Å². The van der Waals surface area contributed by atoms with Gasteiger partial charge >= 0.3 is 0 Å². The van der Waals surface area contributed by atoms with Crippen molar-refractivity contribution in [1.29, 1.82) is 0 Å². The van der Waals surface area contributed by atoms with E-state index in [1.165, 1.54) is 25.7 Å². The van der Waals surface area contributed by atoms with Crippen LogP contribution >= 0.6 is 22.6 Å². The highest BCUT2D eigenvalue weighted by Gasteiger charge is 2.09. The predicted molar refractivity (Wildman–Crippen MR) is 92.4 cm³/mol. The van der Waals surface area contributed by atoms with E-state index in [4.69, 9.17) is 5.73 Å². The lowest BCUT2D eigenvalue weighted by atomic mass is 10.1. The maximum absolute atomic E-state index is 5.94. The Balaban J connectivity index is 2.09. The molecule has 0 unspecified atom stereocenters. The maximum Gasteiger partial charge on any atom is 0.0804 e. The number of nitrogen functional groups attached to an aromatic ring is 1. The molecular weight excluding hydrogens is 363 g/mol. The molecule has 0 bridgehead atoms. The Morgan fingerprint density at radius 1 is 1.30 bits per heavy atom. The molecule has 4 N–H and O–H groups in total. The lowest BCUT2D eigenvalue weighted by Crippen LogP contribution is -1.97. The van der Waals surface area contributed by atoms with Crippen LogP contribution in [0.2, 0.25) is 0 Å².